The summed E-state index contributed by atoms with van der Waals surface area (Å²) in [5, 5.41) is 6.98. The zero-order chi connectivity index (χ0) is 20.8. The number of aromatic nitrogens is 2. The molecule has 1 aliphatic rings. The number of amides is 1. The van der Waals surface area contributed by atoms with Gasteiger partial charge in [0.1, 0.15) is 5.69 Å². The van der Waals surface area contributed by atoms with Crippen LogP contribution in [0.3, 0.4) is 0 Å². The normalized spacial score (nSPS) is 12.5. The molecule has 0 spiro atoms. The number of nitrogens with zero attached hydrogens (tertiary/aromatic N) is 1. The Hall–Kier alpha value is -3.84. The molecule has 0 atom stereocenters. The van der Waals surface area contributed by atoms with E-state index in [2.05, 4.69) is 10.3 Å². The summed E-state index contributed by atoms with van der Waals surface area (Å²) >= 11 is 1.61. The van der Waals surface area contributed by atoms with Gasteiger partial charge in [0.05, 0.1) is 17.8 Å². The lowest BCUT2D eigenvalue weighted by molar-refractivity contribution is 0.0946. The van der Waals surface area contributed by atoms with Crippen LogP contribution in [0.4, 0.5) is 0 Å². The van der Waals surface area contributed by atoms with Crippen LogP contribution in [0.15, 0.2) is 66.0 Å². The molecule has 0 unspecified atom stereocenters. The molecule has 1 amide bonds. The summed E-state index contributed by atoms with van der Waals surface area (Å²) in [6.45, 7) is 0.683. The largest absolute Gasteiger partial charge is 0.454 e. The maximum absolute atomic E-state index is 13.0. The van der Waals surface area contributed by atoms with E-state index in [1.54, 1.807) is 11.3 Å². The van der Waals surface area contributed by atoms with Crippen molar-refractivity contribution in [1.29, 1.82) is 0 Å². The highest BCUT2D eigenvalue weighted by molar-refractivity contribution is 7.09. The predicted molar refractivity (Wildman–Crippen MR) is 121 cm³/mol. The second kappa shape index (κ2) is 7.14. The Labute approximate surface area is 181 Å². The van der Waals surface area contributed by atoms with Crippen LogP contribution in [-0.4, -0.2) is 22.7 Å². The van der Waals surface area contributed by atoms with Crippen molar-refractivity contribution >= 4 is 39.0 Å². The number of pyridine rings is 1. The van der Waals surface area contributed by atoms with Gasteiger partial charge in [-0.2, -0.15) is 0 Å². The fraction of sp³-hybridized carbons (Fsp3) is 0.0833. The average Bonchev–Trinajstić information content (AvgIpc) is 3.55. The lowest BCUT2D eigenvalue weighted by atomic mass is 10.1. The van der Waals surface area contributed by atoms with Crippen molar-refractivity contribution in [3.8, 4) is 22.8 Å². The van der Waals surface area contributed by atoms with Gasteiger partial charge in [-0.1, -0.05) is 24.3 Å². The van der Waals surface area contributed by atoms with Crippen molar-refractivity contribution in [3.05, 3.63) is 76.6 Å². The summed E-state index contributed by atoms with van der Waals surface area (Å²) in [6, 6.07) is 19.6. The first-order chi connectivity index (χ1) is 15.3. The molecule has 0 aliphatic carbocycles. The Bertz CT molecular complexity index is 1440. The minimum Gasteiger partial charge on any atom is -0.454 e. The van der Waals surface area contributed by atoms with Crippen LogP contribution in [0.25, 0.3) is 33.1 Å². The number of benzene rings is 2. The van der Waals surface area contributed by atoms with Crippen molar-refractivity contribution in [2.75, 3.05) is 6.79 Å². The molecule has 5 aromatic rings. The highest BCUT2D eigenvalue weighted by atomic mass is 32.1. The first kappa shape index (κ1) is 18.0. The van der Waals surface area contributed by atoms with Crippen LogP contribution in [0, 0.1) is 0 Å². The van der Waals surface area contributed by atoms with E-state index in [0.29, 0.717) is 29.4 Å². The molecular formula is C24H17N3O3S. The maximum Gasteiger partial charge on any atom is 0.270 e. The molecule has 31 heavy (non-hydrogen) atoms. The lowest BCUT2D eigenvalue weighted by Crippen LogP contribution is -2.23. The Morgan fingerprint density at radius 3 is 2.84 bits per heavy atom. The van der Waals surface area contributed by atoms with E-state index < -0.39 is 0 Å². The fourth-order valence-electron chi connectivity index (χ4n) is 3.89. The van der Waals surface area contributed by atoms with Crippen molar-refractivity contribution in [2.45, 2.75) is 6.54 Å². The van der Waals surface area contributed by atoms with Crippen molar-refractivity contribution < 1.29 is 14.3 Å². The average molecular weight is 427 g/mol. The molecule has 6 rings (SSSR count). The number of hydrogen-bond donors (Lipinski definition) is 2. The van der Waals surface area contributed by atoms with E-state index in [4.69, 9.17) is 14.5 Å². The second-order valence-electron chi connectivity index (χ2n) is 7.28. The van der Waals surface area contributed by atoms with Gasteiger partial charge < -0.3 is 19.8 Å². The zero-order valence-electron chi connectivity index (χ0n) is 16.3. The summed E-state index contributed by atoms with van der Waals surface area (Å²) in [6.07, 6.45) is 0. The smallest absolute Gasteiger partial charge is 0.270 e. The molecule has 4 heterocycles. The fourth-order valence-corrected chi connectivity index (χ4v) is 4.53. The minimum absolute atomic E-state index is 0.206. The third-order valence-electron chi connectivity index (χ3n) is 5.38. The third kappa shape index (κ3) is 3.10. The van der Waals surface area contributed by atoms with Gasteiger partial charge in [-0.3, -0.25) is 4.79 Å². The second-order valence-corrected chi connectivity index (χ2v) is 8.31. The van der Waals surface area contributed by atoms with Gasteiger partial charge in [0, 0.05) is 26.7 Å². The van der Waals surface area contributed by atoms with Crippen LogP contribution >= 0.6 is 11.3 Å². The molecule has 0 fully saturated rings. The maximum atomic E-state index is 13.0. The number of H-pyrrole nitrogens is 1. The van der Waals surface area contributed by atoms with Gasteiger partial charge in [-0.15, -0.1) is 11.3 Å². The van der Waals surface area contributed by atoms with E-state index >= 15 is 0 Å². The molecule has 1 aliphatic heterocycles. The van der Waals surface area contributed by atoms with Gasteiger partial charge >= 0.3 is 0 Å². The first-order valence-electron chi connectivity index (χ1n) is 9.88. The Morgan fingerprint density at radius 1 is 1.03 bits per heavy atom. The topological polar surface area (TPSA) is 76.2 Å². The minimum atomic E-state index is -0.206. The van der Waals surface area contributed by atoms with Gasteiger partial charge in [0.25, 0.3) is 5.91 Å². The number of hydrogen-bond acceptors (Lipinski definition) is 5. The monoisotopic (exact) mass is 427 g/mol. The van der Waals surface area contributed by atoms with Crippen LogP contribution in [0.5, 0.6) is 11.5 Å². The van der Waals surface area contributed by atoms with E-state index in [1.807, 2.05) is 66.0 Å². The molecule has 0 saturated carbocycles. The molecule has 0 radical (unpaired) electrons. The molecule has 152 valence electrons. The Morgan fingerprint density at radius 2 is 1.94 bits per heavy atom. The number of para-hydroxylation sites is 1. The van der Waals surface area contributed by atoms with Crippen LogP contribution in [0.1, 0.15) is 15.4 Å². The summed E-state index contributed by atoms with van der Waals surface area (Å²) in [4.78, 5) is 22.3. The first-order valence-corrected chi connectivity index (χ1v) is 10.8. The number of carbonyl (C=O) groups excluding carboxylic acids is 1. The molecule has 0 bridgehead atoms. The van der Waals surface area contributed by atoms with Crippen LogP contribution in [-0.2, 0) is 6.54 Å². The number of rotatable bonds is 4. The molecule has 7 heteroatoms. The molecule has 3 aromatic heterocycles. The van der Waals surface area contributed by atoms with E-state index in [1.165, 1.54) is 0 Å². The summed E-state index contributed by atoms with van der Waals surface area (Å²) in [7, 11) is 0. The third-order valence-corrected chi connectivity index (χ3v) is 6.25. The van der Waals surface area contributed by atoms with Gasteiger partial charge in [0.15, 0.2) is 11.5 Å². The number of aromatic amines is 1. The highest BCUT2D eigenvalue weighted by Crippen LogP contribution is 2.38. The highest BCUT2D eigenvalue weighted by Gasteiger charge is 2.20. The molecular weight excluding hydrogens is 410 g/mol. The van der Waals surface area contributed by atoms with E-state index in [9.17, 15) is 4.79 Å². The summed E-state index contributed by atoms with van der Waals surface area (Å²) < 4.78 is 11.0. The van der Waals surface area contributed by atoms with E-state index in [0.717, 1.165) is 32.2 Å². The molecule has 0 saturated heterocycles. The molecule has 2 aromatic carbocycles. The number of ether oxygens (including phenoxy) is 2. The van der Waals surface area contributed by atoms with Gasteiger partial charge in [0.2, 0.25) is 6.79 Å². The Balaban J connectivity index is 1.50. The zero-order valence-corrected chi connectivity index (χ0v) is 17.2. The number of fused-ring (bicyclic) bond motifs is 4. The SMILES string of the molecule is O=C(NCc1cccs1)c1cc2c([nH]c3ccccc32)c(-c2ccc3c(c2)OCO3)n1. The molecule has 2 N–H and O–H groups in total. The van der Waals surface area contributed by atoms with Gasteiger partial charge in [-0.05, 0) is 41.8 Å². The van der Waals surface area contributed by atoms with Crippen molar-refractivity contribution in [3.63, 3.8) is 0 Å². The number of thiophene rings is 1. The van der Waals surface area contributed by atoms with Crippen molar-refractivity contribution in [1.82, 2.24) is 15.3 Å². The summed E-state index contributed by atoms with van der Waals surface area (Å²) in [5.41, 5.74) is 3.82. The Kier molecular flexibility index (Phi) is 4.14. The standard InChI is InChI=1S/C24H17N3O3S/c28-24(25-12-15-4-3-9-31-15)19-11-17-16-5-1-2-6-18(16)26-23(17)22(27-19)14-7-8-20-21(10-14)30-13-29-20/h1-11,26H,12-13H2,(H,25,28). The predicted octanol–water partition coefficient (Wildman–Crippen LogP) is 5.10. The lowest BCUT2D eigenvalue weighted by Gasteiger charge is -2.09. The van der Waals surface area contributed by atoms with Crippen LogP contribution < -0.4 is 14.8 Å². The number of nitrogens with one attached hydrogen (secondary N) is 2. The van der Waals surface area contributed by atoms with Crippen molar-refractivity contribution in [2.24, 2.45) is 0 Å². The molecule has 6 nitrogen and oxygen atoms in total. The number of carbonyl (C=O) groups is 1. The summed E-state index contributed by atoms with van der Waals surface area (Å²) in [5.74, 6) is 1.18. The quantitative estimate of drug-likeness (QED) is 0.418. The van der Waals surface area contributed by atoms with Crippen LogP contribution in [0.2, 0.25) is 0 Å². The van der Waals surface area contributed by atoms with E-state index in [-0.39, 0.29) is 12.7 Å². The van der Waals surface area contributed by atoms with Gasteiger partial charge in [-0.25, -0.2) is 4.98 Å².